The van der Waals surface area contributed by atoms with Crippen LogP contribution in [0.3, 0.4) is 0 Å². The first-order valence-electron chi connectivity index (χ1n) is 4.73. The molecular weight excluding hydrogens is 154 g/mol. The topological polar surface area (TPSA) is 29.5 Å². The van der Waals surface area contributed by atoms with Gasteiger partial charge in [0.1, 0.15) is 6.10 Å². The Kier molecular flexibility index (Phi) is 3.38. The zero-order valence-electron chi connectivity index (χ0n) is 7.88. The van der Waals surface area contributed by atoms with Gasteiger partial charge in [-0.05, 0) is 33.1 Å². The van der Waals surface area contributed by atoms with E-state index in [1.807, 2.05) is 13.8 Å². The van der Waals surface area contributed by atoms with E-state index in [0.29, 0.717) is 0 Å². The summed E-state index contributed by atoms with van der Waals surface area (Å²) in [5.41, 5.74) is 0. The summed E-state index contributed by atoms with van der Waals surface area (Å²) in [6, 6.07) is 0. The molecule has 3 heteroatoms. The fourth-order valence-electron chi connectivity index (χ4n) is 1.19. The Morgan fingerprint density at radius 3 is 2.33 bits per heavy atom. The summed E-state index contributed by atoms with van der Waals surface area (Å²) in [4.78, 5) is 13.0. The highest BCUT2D eigenvalue weighted by atomic mass is 16.6. The van der Waals surface area contributed by atoms with Crippen LogP contribution in [-0.4, -0.2) is 30.2 Å². The number of rotatable bonds is 3. The van der Waals surface area contributed by atoms with Crippen molar-refractivity contribution in [2.24, 2.45) is 0 Å². The second kappa shape index (κ2) is 4.33. The van der Waals surface area contributed by atoms with Gasteiger partial charge in [0.25, 0.3) is 0 Å². The fourth-order valence-corrected chi connectivity index (χ4v) is 1.19. The van der Waals surface area contributed by atoms with Gasteiger partial charge in [0.05, 0.1) is 0 Å². The number of hydrogen-bond donors (Lipinski definition) is 0. The minimum Gasteiger partial charge on any atom is -0.446 e. The molecule has 1 aliphatic rings. The van der Waals surface area contributed by atoms with Crippen LogP contribution in [0.4, 0.5) is 4.79 Å². The average Bonchev–Trinajstić information content (AvgIpc) is 1.99. The molecule has 1 fully saturated rings. The van der Waals surface area contributed by atoms with Gasteiger partial charge in [0.15, 0.2) is 0 Å². The van der Waals surface area contributed by atoms with E-state index in [4.69, 9.17) is 4.74 Å². The summed E-state index contributed by atoms with van der Waals surface area (Å²) in [6.45, 7) is 5.40. The number of ether oxygens (including phenoxy) is 1. The smallest absolute Gasteiger partial charge is 0.410 e. The maximum Gasteiger partial charge on any atom is 0.410 e. The molecule has 0 unspecified atom stereocenters. The molecule has 0 bridgehead atoms. The van der Waals surface area contributed by atoms with E-state index in [0.717, 1.165) is 25.9 Å². The van der Waals surface area contributed by atoms with Gasteiger partial charge in [-0.1, -0.05) is 0 Å². The fraction of sp³-hybridized carbons (Fsp3) is 0.889. The van der Waals surface area contributed by atoms with E-state index in [2.05, 4.69) is 0 Å². The monoisotopic (exact) mass is 171 g/mol. The first-order valence-corrected chi connectivity index (χ1v) is 4.73. The first-order chi connectivity index (χ1) is 5.77. The van der Waals surface area contributed by atoms with Crippen molar-refractivity contribution in [3.63, 3.8) is 0 Å². The molecule has 1 saturated carbocycles. The Morgan fingerprint density at radius 2 is 2.00 bits per heavy atom. The van der Waals surface area contributed by atoms with Crippen LogP contribution >= 0.6 is 0 Å². The summed E-state index contributed by atoms with van der Waals surface area (Å²) < 4.78 is 5.22. The predicted octanol–water partition coefficient (Wildman–Crippen LogP) is 2.02. The summed E-state index contributed by atoms with van der Waals surface area (Å²) in [7, 11) is 0. The number of hydrogen-bond acceptors (Lipinski definition) is 2. The minimum atomic E-state index is -0.148. The third-order valence-corrected chi connectivity index (χ3v) is 2.34. The summed E-state index contributed by atoms with van der Waals surface area (Å²) in [5, 5.41) is 0. The molecule has 0 saturated heterocycles. The minimum absolute atomic E-state index is 0.148. The van der Waals surface area contributed by atoms with Crippen LogP contribution in [0.1, 0.15) is 33.1 Å². The molecule has 0 atom stereocenters. The first kappa shape index (κ1) is 9.36. The highest BCUT2D eigenvalue weighted by Crippen LogP contribution is 2.22. The molecule has 1 rings (SSSR count). The standard InChI is InChI=1S/C9H17NO2/c1-3-10(4-2)9(11)12-8-6-5-7-8/h8H,3-7H2,1-2H3. The number of amides is 1. The van der Waals surface area contributed by atoms with Gasteiger partial charge < -0.3 is 9.64 Å². The van der Waals surface area contributed by atoms with Crippen LogP contribution in [0, 0.1) is 0 Å². The van der Waals surface area contributed by atoms with E-state index in [9.17, 15) is 4.79 Å². The van der Waals surface area contributed by atoms with Crippen LogP contribution in [0.25, 0.3) is 0 Å². The molecule has 0 N–H and O–H groups in total. The number of carbonyl (C=O) groups is 1. The second-order valence-corrected chi connectivity index (χ2v) is 3.11. The van der Waals surface area contributed by atoms with Gasteiger partial charge in [-0.2, -0.15) is 0 Å². The predicted molar refractivity (Wildman–Crippen MR) is 47.0 cm³/mol. The van der Waals surface area contributed by atoms with Crippen molar-refractivity contribution in [1.82, 2.24) is 4.90 Å². The molecule has 3 nitrogen and oxygen atoms in total. The summed E-state index contributed by atoms with van der Waals surface area (Å²) >= 11 is 0. The Balaban J connectivity index is 2.24. The van der Waals surface area contributed by atoms with E-state index in [1.165, 1.54) is 6.42 Å². The lowest BCUT2D eigenvalue weighted by atomic mass is 9.96. The van der Waals surface area contributed by atoms with Crippen LogP contribution < -0.4 is 0 Å². The molecule has 0 aromatic heterocycles. The van der Waals surface area contributed by atoms with Crippen molar-refractivity contribution in [2.75, 3.05) is 13.1 Å². The summed E-state index contributed by atoms with van der Waals surface area (Å²) in [5.74, 6) is 0. The van der Waals surface area contributed by atoms with Gasteiger partial charge >= 0.3 is 6.09 Å². The van der Waals surface area contributed by atoms with Gasteiger partial charge in [-0.25, -0.2) is 4.79 Å². The molecule has 0 aromatic rings. The maximum absolute atomic E-state index is 11.3. The highest BCUT2D eigenvalue weighted by molar-refractivity contribution is 5.67. The van der Waals surface area contributed by atoms with Crippen molar-refractivity contribution < 1.29 is 9.53 Å². The molecule has 1 amide bonds. The Morgan fingerprint density at radius 1 is 1.42 bits per heavy atom. The maximum atomic E-state index is 11.3. The Labute approximate surface area is 73.7 Å². The van der Waals surface area contributed by atoms with E-state index in [-0.39, 0.29) is 12.2 Å². The van der Waals surface area contributed by atoms with E-state index in [1.54, 1.807) is 4.90 Å². The van der Waals surface area contributed by atoms with Crippen LogP contribution in [-0.2, 0) is 4.74 Å². The van der Waals surface area contributed by atoms with Crippen LogP contribution in [0.15, 0.2) is 0 Å². The van der Waals surface area contributed by atoms with Crippen LogP contribution in [0.5, 0.6) is 0 Å². The molecule has 0 heterocycles. The molecule has 0 aromatic carbocycles. The lowest BCUT2D eigenvalue weighted by molar-refractivity contribution is 0.0288. The van der Waals surface area contributed by atoms with Gasteiger partial charge in [0, 0.05) is 13.1 Å². The SMILES string of the molecule is CCN(CC)C(=O)OC1CCC1. The van der Waals surface area contributed by atoms with Gasteiger partial charge in [-0.15, -0.1) is 0 Å². The molecule has 70 valence electrons. The highest BCUT2D eigenvalue weighted by Gasteiger charge is 2.23. The van der Waals surface area contributed by atoms with Crippen LogP contribution in [0.2, 0.25) is 0 Å². The molecule has 1 aliphatic carbocycles. The molecule has 0 radical (unpaired) electrons. The average molecular weight is 171 g/mol. The van der Waals surface area contributed by atoms with Gasteiger partial charge in [0.2, 0.25) is 0 Å². The third kappa shape index (κ3) is 2.13. The lowest BCUT2D eigenvalue weighted by Gasteiger charge is -2.28. The number of carbonyl (C=O) groups excluding carboxylic acids is 1. The van der Waals surface area contributed by atoms with E-state index >= 15 is 0 Å². The third-order valence-electron chi connectivity index (χ3n) is 2.34. The van der Waals surface area contributed by atoms with Crippen molar-refractivity contribution in [3.8, 4) is 0 Å². The Bertz CT molecular complexity index is 151. The largest absolute Gasteiger partial charge is 0.446 e. The van der Waals surface area contributed by atoms with Crippen molar-refractivity contribution >= 4 is 6.09 Å². The molecule has 12 heavy (non-hydrogen) atoms. The van der Waals surface area contributed by atoms with Gasteiger partial charge in [-0.3, -0.25) is 0 Å². The zero-order chi connectivity index (χ0) is 8.97. The zero-order valence-corrected chi connectivity index (χ0v) is 7.88. The Hall–Kier alpha value is -0.730. The lowest BCUT2D eigenvalue weighted by Crippen LogP contribution is -2.36. The summed E-state index contributed by atoms with van der Waals surface area (Å²) in [6.07, 6.45) is 3.36. The quantitative estimate of drug-likeness (QED) is 0.650. The molecule has 0 aliphatic heterocycles. The normalized spacial score (nSPS) is 16.8. The second-order valence-electron chi connectivity index (χ2n) is 3.11. The molecular formula is C9H17NO2. The van der Waals surface area contributed by atoms with Crippen molar-refractivity contribution in [3.05, 3.63) is 0 Å². The van der Waals surface area contributed by atoms with E-state index < -0.39 is 0 Å². The molecule has 0 spiro atoms. The number of nitrogens with zero attached hydrogens (tertiary/aromatic N) is 1. The van der Waals surface area contributed by atoms with Crippen molar-refractivity contribution in [2.45, 2.75) is 39.2 Å². The van der Waals surface area contributed by atoms with Crippen molar-refractivity contribution in [1.29, 1.82) is 0 Å².